The molecule has 1 aromatic rings. The van der Waals surface area contributed by atoms with Gasteiger partial charge in [0.1, 0.15) is 0 Å². The second-order valence-corrected chi connectivity index (χ2v) is 4.66. The SMILES string of the molecule is C=CC1(C=C)C=CC(c2cccc(Cl)c2)=CC1. The second kappa shape index (κ2) is 4.77. The van der Waals surface area contributed by atoms with Gasteiger partial charge in [0, 0.05) is 10.4 Å². The first-order valence-electron chi connectivity index (χ1n) is 5.62. The van der Waals surface area contributed by atoms with E-state index < -0.39 is 0 Å². The van der Waals surface area contributed by atoms with E-state index in [9.17, 15) is 0 Å². The van der Waals surface area contributed by atoms with E-state index in [1.54, 1.807) is 0 Å². The quantitative estimate of drug-likeness (QED) is 0.652. The summed E-state index contributed by atoms with van der Waals surface area (Å²) < 4.78 is 0. The summed E-state index contributed by atoms with van der Waals surface area (Å²) in [6.45, 7) is 7.73. The molecule has 0 bridgehead atoms. The summed E-state index contributed by atoms with van der Waals surface area (Å²) in [6, 6.07) is 7.90. The highest BCUT2D eigenvalue weighted by molar-refractivity contribution is 6.30. The Bertz CT molecular complexity index is 498. The van der Waals surface area contributed by atoms with E-state index in [1.165, 1.54) is 5.57 Å². The third kappa shape index (κ3) is 2.42. The van der Waals surface area contributed by atoms with Gasteiger partial charge < -0.3 is 0 Å². The largest absolute Gasteiger partial charge is 0.102 e. The number of benzene rings is 1. The van der Waals surface area contributed by atoms with Crippen LogP contribution < -0.4 is 0 Å². The Balaban J connectivity index is 2.29. The highest BCUT2D eigenvalue weighted by atomic mass is 35.5. The van der Waals surface area contributed by atoms with Crippen molar-refractivity contribution in [2.75, 3.05) is 0 Å². The van der Waals surface area contributed by atoms with Crippen molar-refractivity contribution in [3.05, 3.63) is 78.4 Å². The molecule has 0 unspecified atom stereocenters. The minimum atomic E-state index is -0.0952. The maximum atomic E-state index is 5.99. The van der Waals surface area contributed by atoms with Crippen molar-refractivity contribution in [3.8, 4) is 0 Å². The Morgan fingerprint density at radius 2 is 2.00 bits per heavy atom. The van der Waals surface area contributed by atoms with E-state index in [0.29, 0.717) is 0 Å². The molecular weight excluding hydrogens is 228 g/mol. The van der Waals surface area contributed by atoms with Crippen molar-refractivity contribution in [3.63, 3.8) is 0 Å². The summed E-state index contributed by atoms with van der Waals surface area (Å²) in [5, 5.41) is 0.765. The van der Waals surface area contributed by atoms with Crippen LogP contribution in [0.2, 0.25) is 5.02 Å². The minimum absolute atomic E-state index is 0.0952. The topological polar surface area (TPSA) is 0 Å². The van der Waals surface area contributed by atoms with Gasteiger partial charge >= 0.3 is 0 Å². The summed E-state index contributed by atoms with van der Waals surface area (Å²) in [7, 11) is 0. The van der Waals surface area contributed by atoms with E-state index in [-0.39, 0.29) is 5.41 Å². The Morgan fingerprint density at radius 3 is 2.53 bits per heavy atom. The average Bonchev–Trinajstić information content (AvgIpc) is 2.39. The molecule has 0 saturated carbocycles. The number of hydrogen-bond acceptors (Lipinski definition) is 0. The van der Waals surface area contributed by atoms with Crippen LogP contribution in [0.15, 0.2) is 67.8 Å². The lowest BCUT2D eigenvalue weighted by atomic mass is 9.79. The van der Waals surface area contributed by atoms with Crippen LogP contribution >= 0.6 is 11.6 Å². The molecule has 0 aliphatic heterocycles. The summed E-state index contributed by atoms with van der Waals surface area (Å²) in [5.74, 6) is 0. The van der Waals surface area contributed by atoms with Gasteiger partial charge in [-0.3, -0.25) is 0 Å². The first-order valence-corrected chi connectivity index (χ1v) is 5.99. The molecule has 0 aromatic heterocycles. The molecule has 86 valence electrons. The van der Waals surface area contributed by atoms with Crippen molar-refractivity contribution in [1.29, 1.82) is 0 Å². The highest BCUT2D eigenvalue weighted by Gasteiger charge is 2.20. The zero-order valence-corrected chi connectivity index (χ0v) is 10.5. The van der Waals surface area contributed by atoms with Gasteiger partial charge in [0.2, 0.25) is 0 Å². The van der Waals surface area contributed by atoms with Crippen molar-refractivity contribution in [1.82, 2.24) is 0 Å². The normalized spacial score (nSPS) is 17.4. The van der Waals surface area contributed by atoms with Crippen LogP contribution in [0.25, 0.3) is 5.57 Å². The molecule has 0 amide bonds. The molecule has 0 spiro atoms. The van der Waals surface area contributed by atoms with Gasteiger partial charge in [0.05, 0.1) is 0 Å². The van der Waals surface area contributed by atoms with Gasteiger partial charge in [-0.2, -0.15) is 0 Å². The number of halogens is 1. The highest BCUT2D eigenvalue weighted by Crippen LogP contribution is 2.35. The average molecular weight is 243 g/mol. The summed E-state index contributed by atoms with van der Waals surface area (Å²) in [6.07, 6.45) is 11.2. The summed E-state index contributed by atoms with van der Waals surface area (Å²) >= 11 is 5.99. The van der Waals surface area contributed by atoms with Gasteiger partial charge in [-0.1, -0.05) is 54.1 Å². The standard InChI is InChI=1S/C16H15Cl/c1-3-16(4-2)10-8-13(9-11-16)14-6-5-7-15(17)12-14/h3-10,12H,1-2,11H2. The van der Waals surface area contributed by atoms with Crippen molar-refractivity contribution in [2.24, 2.45) is 5.41 Å². The fourth-order valence-electron chi connectivity index (χ4n) is 1.94. The summed E-state index contributed by atoms with van der Waals surface area (Å²) in [4.78, 5) is 0. The van der Waals surface area contributed by atoms with E-state index in [2.05, 4.69) is 37.5 Å². The molecule has 0 saturated heterocycles. The zero-order valence-electron chi connectivity index (χ0n) is 9.70. The van der Waals surface area contributed by atoms with Gasteiger partial charge in [0.15, 0.2) is 0 Å². The molecule has 1 aliphatic rings. The van der Waals surface area contributed by atoms with Gasteiger partial charge in [-0.15, -0.1) is 13.2 Å². The third-order valence-electron chi connectivity index (χ3n) is 3.17. The third-order valence-corrected chi connectivity index (χ3v) is 3.40. The van der Waals surface area contributed by atoms with Gasteiger partial charge in [-0.25, -0.2) is 0 Å². The van der Waals surface area contributed by atoms with E-state index >= 15 is 0 Å². The molecular formula is C16H15Cl. The van der Waals surface area contributed by atoms with Crippen LogP contribution in [0.1, 0.15) is 12.0 Å². The second-order valence-electron chi connectivity index (χ2n) is 4.23. The van der Waals surface area contributed by atoms with Crippen LogP contribution in [0.3, 0.4) is 0 Å². The lowest BCUT2D eigenvalue weighted by Crippen LogP contribution is -2.12. The minimum Gasteiger partial charge on any atom is -0.102 e. The summed E-state index contributed by atoms with van der Waals surface area (Å²) in [5.41, 5.74) is 2.25. The molecule has 0 nitrogen and oxygen atoms in total. The molecule has 0 radical (unpaired) electrons. The number of allylic oxidation sites excluding steroid dienone is 6. The Morgan fingerprint density at radius 1 is 1.24 bits per heavy atom. The van der Waals surface area contributed by atoms with Crippen LogP contribution in [0, 0.1) is 5.41 Å². The molecule has 17 heavy (non-hydrogen) atoms. The predicted octanol–water partition coefficient (Wildman–Crippen LogP) is 5.04. The molecule has 1 aliphatic carbocycles. The monoisotopic (exact) mass is 242 g/mol. The fraction of sp³-hybridized carbons (Fsp3) is 0.125. The van der Waals surface area contributed by atoms with Crippen molar-refractivity contribution >= 4 is 17.2 Å². The number of rotatable bonds is 3. The first kappa shape index (κ1) is 11.9. The van der Waals surface area contributed by atoms with Crippen LogP contribution in [0.5, 0.6) is 0 Å². The lowest BCUT2D eigenvalue weighted by Gasteiger charge is -2.25. The molecule has 1 aromatic carbocycles. The Kier molecular flexibility index (Phi) is 3.35. The Labute approximate surface area is 108 Å². The van der Waals surface area contributed by atoms with E-state index in [1.807, 2.05) is 30.4 Å². The molecule has 2 rings (SSSR count). The van der Waals surface area contributed by atoms with E-state index in [4.69, 9.17) is 11.6 Å². The maximum Gasteiger partial charge on any atom is 0.0412 e. The number of hydrogen-bond donors (Lipinski definition) is 0. The Hall–Kier alpha value is -1.53. The first-order chi connectivity index (χ1) is 8.19. The molecule has 0 atom stereocenters. The van der Waals surface area contributed by atoms with Crippen LogP contribution in [-0.2, 0) is 0 Å². The smallest absolute Gasteiger partial charge is 0.0412 e. The van der Waals surface area contributed by atoms with Crippen LogP contribution in [0.4, 0.5) is 0 Å². The molecule has 0 heterocycles. The molecule has 1 heteroatoms. The molecule has 0 fully saturated rings. The predicted molar refractivity (Wildman–Crippen MR) is 76.0 cm³/mol. The van der Waals surface area contributed by atoms with Gasteiger partial charge in [0.25, 0.3) is 0 Å². The van der Waals surface area contributed by atoms with Crippen molar-refractivity contribution < 1.29 is 0 Å². The molecule has 0 N–H and O–H groups in total. The zero-order chi connectivity index (χ0) is 12.3. The van der Waals surface area contributed by atoms with Crippen LogP contribution in [-0.4, -0.2) is 0 Å². The maximum absolute atomic E-state index is 5.99. The lowest BCUT2D eigenvalue weighted by molar-refractivity contribution is 0.640. The van der Waals surface area contributed by atoms with Gasteiger partial charge in [-0.05, 0) is 29.7 Å². The van der Waals surface area contributed by atoms with Crippen molar-refractivity contribution in [2.45, 2.75) is 6.42 Å². The fourth-order valence-corrected chi connectivity index (χ4v) is 2.13. The van der Waals surface area contributed by atoms with E-state index in [0.717, 1.165) is 17.0 Å².